The fraction of sp³-hybridized carbons (Fsp3) is 0.143. The average Bonchev–Trinajstić information content (AvgIpc) is 2.72. The maximum absolute atomic E-state index is 12.6. The van der Waals surface area contributed by atoms with Crippen molar-refractivity contribution in [2.24, 2.45) is 0 Å². The lowest BCUT2D eigenvalue weighted by atomic mass is 10.1. The Kier molecular flexibility index (Phi) is 6.51. The zero-order valence-corrected chi connectivity index (χ0v) is 16.6. The van der Waals surface area contributed by atoms with E-state index in [-0.39, 0.29) is 22.9 Å². The second kappa shape index (κ2) is 9.08. The lowest BCUT2D eigenvalue weighted by Crippen LogP contribution is -2.07. The van der Waals surface area contributed by atoms with Gasteiger partial charge in [0, 0.05) is 23.0 Å². The molecule has 0 unspecified atom stereocenters. The third-order valence-electron chi connectivity index (χ3n) is 4.04. The van der Waals surface area contributed by atoms with Gasteiger partial charge in [-0.1, -0.05) is 36.0 Å². The molecule has 0 amide bonds. The molecule has 1 N–H and O–H groups in total. The predicted octanol–water partition coefficient (Wildman–Crippen LogP) is 5.42. The van der Waals surface area contributed by atoms with Crippen molar-refractivity contribution in [2.75, 3.05) is 11.1 Å². The Bertz CT molecular complexity index is 1070. The van der Waals surface area contributed by atoms with Crippen molar-refractivity contribution in [3.8, 4) is 0 Å². The summed E-state index contributed by atoms with van der Waals surface area (Å²) in [6.45, 7) is 1.48. The number of ketones is 2. The van der Waals surface area contributed by atoms with Gasteiger partial charge >= 0.3 is 6.18 Å². The van der Waals surface area contributed by atoms with E-state index in [2.05, 4.69) is 15.3 Å². The standard InChI is InChI=1S/C21H16F3N3O2S/c1-13(28)15-3-2-4-17(11-15)26-19-9-10-25-20(27-19)30-12-18(29)14-5-7-16(8-6-14)21(22,23)24/h2-11H,12H2,1H3,(H,25,26,27). The van der Waals surface area contributed by atoms with Gasteiger partial charge in [-0.15, -0.1) is 0 Å². The van der Waals surface area contributed by atoms with Gasteiger partial charge in [0.1, 0.15) is 5.82 Å². The van der Waals surface area contributed by atoms with Gasteiger partial charge in [0.05, 0.1) is 11.3 Å². The summed E-state index contributed by atoms with van der Waals surface area (Å²) in [6, 6.07) is 12.7. The minimum absolute atomic E-state index is 0.0192. The first-order valence-electron chi connectivity index (χ1n) is 8.77. The monoisotopic (exact) mass is 431 g/mol. The van der Waals surface area contributed by atoms with Gasteiger partial charge in [0.2, 0.25) is 0 Å². The second-order valence-corrected chi connectivity index (χ2v) is 7.22. The van der Waals surface area contributed by atoms with Crippen molar-refractivity contribution in [3.05, 3.63) is 77.5 Å². The molecule has 9 heteroatoms. The van der Waals surface area contributed by atoms with Gasteiger partial charge in [0.15, 0.2) is 16.7 Å². The number of anilines is 2. The number of Topliss-reactive ketones (excluding diaryl/α,β-unsaturated/α-hetero) is 2. The second-order valence-electron chi connectivity index (χ2n) is 6.27. The number of hydrogen-bond acceptors (Lipinski definition) is 6. The molecule has 0 fully saturated rings. The number of thioether (sulfide) groups is 1. The fourth-order valence-corrected chi connectivity index (χ4v) is 3.23. The number of carbonyl (C=O) groups is 2. The Morgan fingerprint density at radius 2 is 1.77 bits per heavy atom. The van der Waals surface area contributed by atoms with Crippen molar-refractivity contribution >= 4 is 34.8 Å². The van der Waals surface area contributed by atoms with Crippen LogP contribution in [0.3, 0.4) is 0 Å². The van der Waals surface area contributed by atoms with Crippen LogP contribution in [0.2, 0.25) is 0 Å². The van der Waals surface area contributed by atoms with E-state index in [4.69, 9.17) is 0 Å². The van der Waals surface area contributed by atoms with Crippen LogP contribution in [-0.2, 0) is 6.18 Å². The molecule has 0 aliphatic heterocycles. The first-order chi connectivity index (χ1) is 14.2. The van der Waals surface area contributed by atoms with Crippen molar-refractivity contribution in [2.45, 2.75) is 18.3 Å². The van der Waals surface area contributed by atoms with E-state index in [9.17, 15) is 22.8 Å². The van der Waals surface area contributed by atoms with E-state index in [1.165, 1.54) is 13.1 Å². The molecule has 2 aromatic carbocycles. The maximum Gasteiger partial charge on any atom is 0.416 e. The number of carbonyl (C=O) groups excluding carboxylic acids is 2. The number of hydrogen-bond donors (Lipinski definition) is 1. The number of nitrogens with one attached hydrogen (secondary N) is 1. The number of nitrogens with zero attached hydrogens (tertiary/aromatic N) is 2. The Balaban J connectivity index is 1.63. The van der Waals surface area contributed by atoms with E-state index in [1.807, 2.05) is 0 Å². The summed E-state index contributed by atoms with van der Waals surface area (Å²) in [4.78, 5) is 32.1. The van der Waals surface area contributed by atoms with E-state index in [0.717, 1.165) is 36.0 Å². The van der Waals surface area contributed by atoms with Gasteiger partial charge in [-0.2, -0.15) is 13.2 Å². The first kappa shape index (κ1) is 21.5. The highest BCUT2D eigenvalue weighted by Gasteiger charge is 2.30. The average molecular weight is 431 g/mol. The molecular weight excluding hydrogens is 415 g/mol. The molecule has 0 spiro atoms. The Morgan fingerprint density at radius 1 is 1.03 bits per heavy atom. The predicted molar refractivity (Wildman–Crippen MR) is 108 cm³/mol. The number of rotatable bonds is 7. The smallest absolute Gasteiger partial charge is 0.340 e. The summed E-state index contributed by atoms with van der Waals surface area (Å²) in [7, 11) is 0. The van der Waals surface area contributed by atoms with Crippen molar-refractivity contribution in [1.29, 1.82) is 0 Å². The number of benzene rings is 2. The molecule has 0 radical (unpaired) electrons. The highest BCUT2D eigenvalue weighted by atomic mass is 32.2. The molecule has 0 aliphatic carbocycles. The largest absolute Gasteiger partial charge is 0.416 e. The molecule has 154 valence electrons. The number of halogens is 3. The van der Waals surface area contributed by atoms with Gasteiger partial charge in [-0.05, 0) is 37.3 Å². The maximum atomic E-state index is 12.6. The molecule has 0 saturated heterocycles. The molecule has 0 atom stereocenters. The highest BCUT2D eigenvalue weighted by Crippen LogP contribution is 2.29. The Morgan fingerprint density at radius 3 is 2.43 bits per heavy atom. The van der Waals surface area contributed by atoms with Crippen LogP contribution in [0.4, 0.5) is 24.7 Å². The van der Waals surface area contributed by atoms with Crippen LogP contribution in [0, 0.1) is 0 Å². The molecule has 30 heavy (non-hydrogen) atoms. The van der Waals surface area contributed by atoms with E-state index >= 15 is 0 Å². The minimum atomic E-state index is -4.44. The molecule has 0 bridgehead atoms. The Hall–Kier alpha value is -3.20. The summed E-state index contributed by atoms with van der Waals surface area (Å²) in [5, 5.41) is 3.41. The molecule has 0 saturated carbocycles. The van der Waals surface area contributed by atoms with Crippen molar-refractivity contribution in [3.63, 3.8) is 0 Å². The van der Waals surface area contributed by atoms with Gasteiger partial charge < -0.3 is 5.32 Å². The van der Waals surface area contributed by atoms with Crippen LogP contribution in [0.25, 0.3) is 0 Å². The molecule has 5 nitrogen and oxygen atoms in total. The SMILES string of the molecule is CC(=O)c1cccc(Nc2ccnc(SCC(=O)c3ccc(C(F)(F)F)cc3)n2)c1. The summed E-state index contributed by atoms with van der Waals surface area (Å²) >= 11 is 1.08. The third kappa shape index (κ3) is 5.66. The number of aromatic nitrogens is 2. The molecule has 3 rings (SSSR count). The minimum Gasteiger partial charge on any atom is -0.340 e. The number of alkyl halides is 3. The van der Waals surface area contributed by atoms with Gasteiger partial charge in [0.25, 0.3) is 0 Å². The summed E-state index contributed by atoms with van der Waals surface area (Å²) in [5.74, 6) is 0.0774. The van der Waals surface area contributed by atoms with Crippen molar-refractivity contribution < 1.29 is 22.8 Å². The highest BCUT2D eigenvalue weighted by molar-refractivity contribution is 7.99. The zero-order chi connectivity index (χ0) is 21.7. The zero-order valence-electron chi connectivity index (χ0n) is 15.7. The van der Waals surface area contributed by atoms with Crippen molar-refractivity contribution in [1.82, 2.24) is 9.97 Å². The molecule has 3 aromatic rings. The van der Waals surface area contributed by atoms with Crippen LogP contribution in [0.5, 0.6) is 0 Å². The molecular formula is C21H16F3N3O2S. The van der Waals surface area contributed by atoms with E-state index < -0.39 is 11.7 Å². The Labute approximate surface area is 174 Å². The summed E-state index contributed by atoms with van der Waals surface area (Å²) in [6.07, 6.45) is -2.92. The van der Waals surface area contributed by atoms with Crippen LogP contribution in [0.15, 0.2) is 66.0 Å². The van der Waals surface area contributed by atoms with Crippen LogP contribution < -0.4 is 5.32 Å². The van der Waals surface area contributed by atoms with E-state index in [0.29, 0.717) is 22.2 Å². The topological polar surface area (TPSA) is 72.0 Å². The van der Waals surface area contributed by atoms with Gasteiger partial charge in [-0.3, -0.25) is 9.59 Å². The lowest BCUT2D eigenvalue weighted by molar-refractivity contribution is -0.137. The van der Waals surface area contributed by atoms with Crippen LogP contribution >= 0.6 is 11.8 Å². The van der Waals surface area contributed by atoms with Gasteiger partial charge in [-0.25, -0.2) is 9.97 Å². The summed E-state index contributed by atoms with van der Waals surface area (Å²) < 4.78 is 37.9. The quantitative estimate of drug-likeness (QED) is 0.306. The van der Waals surface area contributed by atoms with E-state index in [1.54, 1.807) is 30.3 Å². The normalized spacial score (nSPS) is 11.2. The lowest BCUT2D eigenvalue weighted by Gasteiger charge is -2.08. The molecule has 1 aromatic heterocycles. The van der Waals surface area contributed by atoms with Crippen LogP contribution in [0.1, 0.15) is 33.2 Å². The fourth-order valence-electron chi connectivity index (χ4n) is 2.50. The summed E-state index contributed by atoms with van der Waals surface area (Å²) in [5.41, 5.74) is 0.623. The first-order valence-corrected chi connectivity index (χ1v) is 9.75. The van der Waals surface area contributed by atoms with Crippen LogP contribution in [-0.4, -0.2) is 27.3 Å². The third-order valence-corrected chi connectivity index (χ3v) is 4.90. The molecule has 1 heterocycles. The molecule has 0 aliphatic rings.